The van der Waals surface area contributed by atoms with E-state index in [0.717, 1.165) is 22.4 Å². The molecule has 1 heterocycles. The van der Waals surface area contributed by atoms with Gasteiger partial charge in [0.15, 0.2) is 5.82 Å². The molecule has 176 valence electrons. The maximum atomic E-state index is 12.7. The first-order valence-electron chi connectivity index (χ1n) is 10.3. The molecule has 0 bridgehead atoms. The number of rotatable bonds is 10. The molecule has 0 fully saturated rings. The highest BCUT2D eigenvalue weighted by atomic mass is 35.5. The summed E-state index contributed by atoms with van der Waals surface area (Å²) in [6.07, 6.45) is 1.52. The summed E-state index contributed by atoms with van der Waals surface area (Å²) < 4.78 is 23.3. The number of hydrogen-bond donors (Lipinski definition) is 2. The van der Waals surface area contributed by atoms with Crippen LogP contribution in [0.5, 0.6) is 5.75 Å². The first-order chi connectivity index (χ1) is 15.7. The van der Waals surface area contributed by atoms with Gasteiger partial charge in [-0.2, -0.15) is 4.98 Å². The molecule has 0 aliphatic heterocycles. The van der Waals surface area contributed by atoms with Crippen molar-refractivity contribution in [1.82, 2.24) is 9.97 Å². The van der Waals surface area contributed by atoms with Crippen LogP contribution in [-0.4, -0.2) is 57.7 Å². The summed E-state index contributed by atoms with van der Waals surface area (Å²) in [5.41, 5.74) is 2.40. The fourth-order valence-corrected chi connectivity index (χ4v) is 4.51. The number of benzene rings is 2. The zero-order valence-corrected chi connectivity index (χ0v) is 21.1. The Balaban J connectivity index is 1.92. The van der Waals surface area contributed by atoms with Gasteiger partial charge < -0.3 is 29.6 Å². The van der Waals surface area contributed by atoms with Crippen LogP contribution < -0.4 is 25.6 Å². The minimum absolute atomic E-state index is 0.351. The predicted molar refractivity (Wildman–Crippen MR) is 137 cm³/mol. The van der Waals surface area contributed by atoms with E-state index in [1.165, 1.54) is 6.20 Å². The quantitative estimate of drug-likeness (QED) is 0.386. The van der Waals surface area contributed by atoms with Gasteiger partial charge in [-0.3, -0.25) is 0 Å². The molecule has 0 aliphatic rings. The van der Waals surface area contributed by atoms with Crippen molar-refractivity contribution in [3.63, 3.8) is 0 Å². The molecule has 0 aliphatic carbocycles. The zero-order chi connectivity index (χ0) is 24.0. The van der Waals surface area contributed by atoms with Crippen LogP contribution in [0.25, 0.3) is 0 Å². The number of halogens is 1. The van der Waals surface area contributed by atoms with Crippen LogP contribution in [0.2, 0.25) is 5.02 Å². The van der Waals surface area contributed by atoms with Gasteiger partial charge in [0.25, 0.3) is 0 Å². The maximum Gasteiger partial charge on any atom is 0.229 e. The molecule has 1 aromatic heterocycles. The van der Waals surface area contributed by atoms with Gasteiger partial charge in [-0.25, -0.2) is 4.98 Å². The molecule has 2 aromatic carbocycles. The van der Waals surface area contributed by atoms with Crippen LogP contribution in [0, 0.1) is 0 Å². The molecule has 3 aromatic rings. The first kappa shape index (κ1) is 24.8. The molecular weight excluding hydrogens is 461 g/mol. The molecule has 0 atom stereocenters. The fraction of sp³-hybridized carbons (Fsp3) is 0.304. The Morgan fingerprint density at radius 3 is 2.55 bits per heavy atom. The largest absolute Gasteiger partial charge is 0.497 e. The van der Waals surface area contributed by atoms with Gasteiger partial charge in [-0.05, 0) is 37.6 Å². The van der Waals surface area contributed by atoms with Crippen LogP contribution in [0.3, 0.4) is 0 Å². The smallest absolute Gasteiger partial charge is 0.229 e. The highest BCUT2D eigenvalue weighted by Gasteiger charge is 2.17. The van der Waals surface area contributed by atoms with Crippen LogP contribution in [0.1, 0.15) is 0 Å². The Hall–Kier alpha value is -2.80. The summed E-state index contributed by atoms with van der Waals surface area (Å²) in [7, 11) is 2.77. The topological polar surface area (TPSA) is 88.6 Å². The minimum atomic E-state index is -2.50. The van der Waals surface area contributed by atoms with Crippen molar-refractivity contribution >= 4 is 52.9 Å². The number of likely N-dealkylation sites (N-methyl/N-ethyl adjacent to an activating group) is 1. The first-order valence-corrected chi connectivity index (χ1v) is 13.3. The van der Waals surface area contributed by atoms with E-state index in [9.17, 15) is 4.57 Å². The molecule has 0 saturated carbocycles. The van der Waals surface area contributed by atoms with E-state index in [2.05, 4.69) is 25.5 Å². The second kappa shape index (κ2) is 10.9. The molecule has 3 rings (SSSR count). The highest BCUT2D eigenvalue weighted by Crippen LogP contribution is 2.39. The molecular formula is C23H29ClN5O3P. The summed E-state index contributed by atoms with van der Waals surface area (Å²) in [5.74, 6) is 1.51. The van der Waals surface area contributed by atoms with E-state index in [-0.39, 0.29) is 0 Å². The van der Waals surface area contributed by atoms with Gasteiger partial charge in [-0.15, -0.1) is 0 Å². The monoisotopic (exact) mass is 489 g/mol. The number of para-hydroxylation sites is 1. The van der Waals surface area contributed by atoms with Gasteiger partial charge >= 0.3 is 0 Å². The van der Waals surface area contributed by atoms with E-state index in [4.69, 9.17) is 21.1 Å². The average Bonchev–Trinajstić information content (AvgIpc) is 2.79. The van der Waals surface area contributed by atoms with Crippen LogP contribution in [0.4, 0.5) is 28.8 Å². The number of anilines is 5. The molecule has 2 N–H and O–H groups in total. The number of nitrogens with one attached hydrogen (secondary N) is 2. The van der Waals surface area contributed by atoms with Crippen molar-refractivity contribution in [2.45, 2.75) is 0 Å². The lowest BCUT2D eigenvalue weighted by molar-refractivity contribution is 0.206. The third-order valence-corrected chi connectivity index (χ3v) is 6.80. The third-order valence-electron chi connectivity index (χ3n) is 4.97. The number of ether oxygens (including phenoxy) is 2. The SMILES string of the molecule is COCCN(C)c1cc(OC)ccc1Nc1ncc(Cl)c(Nc2ccccc2P(C)(C)=O)n1. The second-order valence-corrected chi connectivity index (χ2v) is 11.4. The lowest BCUT2D eigenvalue weighted by atomic mass is 10.2. The van der Waals surface area contributed by atoms with E-state index < -0.39 is 7.14 Å². The Morgan fingerprint density at radius 1 is 1.09 bits per heavy atom. The average molecular weight is 490 g/mol. The number of aromatic nitrogens is 2. The standard InChI is InChI=1S/C23H29ClN5O3P/c1-29(12-13-31-2)20-14-16(32-3)10-11-18(20)27-23-25-15-17(24)22(28-23)26-19-8-6-7-9-21(19)33(4,5)30/h6-11,14-15H,12-13H2,1-5H3,(H2,25,26,27,28). The van der Waals surface area contributed by atoms with Crippen LogP contribution in [-0.2, 0) is 9.30 Å². The van der Waals surface area contributed by atoms with Crippen LogP contribution in [0.15, 0.2) is 48.7 Å². The van der Waals surface area contributed by atoms with Crippen molar-refractivity contribution in [3.05, 3.63) is 53.7 Å². The molecule has 10 heteroatoms. The molecule has 0 radical (unpaired) electrons. The highest BCUT2D eigenvalue weighted by molar-refractivity contribution is 7.70. The van der Waals surface area contributed by atoms with E-state index >= 15 is 0 Å². The van der Waals surface area contributed by atoms with E-state index in [1.54, 1.807) is 27.5 Å². The van der Waals surface area contributed by atoms with Crippen molar-refractivity contribution in [2.75, 3.05) is 63.3 Å². The van der Waals surface area contributed by atoms with Crippen molar-refractivity contribution in [1.29, 1.82) is 0 Å². The summed E-state index contributed by atoms with van der Waals surface area (Å²) in [6, 6.07) is 13.1. The summed E-state index contributed by atoms with van der Waals surface area (Å²) in [6.45, 7) is 4.73. The number of hydrogen-bond acceptors (Lipinski definition) is 8. The Labute approximate surface area is 199 Å². The Kier molecular flexibility index (Phi) is 8.19. The van der Waals surface area contributed by atoms with Gasteiger partial charge in [0.1, 0.15) is 17.9 Å². The zero-order valence-electron chi connectivity index (χ0n) is 19.4. The molecule has 0 unspecified atom stereocenters. The number of nitrogens with zero attached hydrogens (tertiary/aromatic N) is 3. The normalized spacial score (nSPS) is 11.2. The Bertz CT molecular complexity index is 1150. The lowest BCUT2D eigenvalue weighted by Crippen LogP contribution is -2.23. The molecule has 8 nitrogen and oxygen atoms in total. The summed E-state index contributed by atoms with van der Waals surface area (Å²) >= 11 is 6.37. The van der Waals surface area contributed by atoms with Gasteiger partial charge in [-0.1, -0.05) is 23.7 Å². The molecule has 33 heavy (non-hydrogen) atoms. The van der Waals surface area contributed by atoms with Crippen molar-refractivity contribution in [3.8, 4) is 5.75 Å². The predicted octanol–water partition coefficient (Wildman–Crippen LogP) is 4.96. The number of methoxy groups -OCH3 is 2. The second-order valence-electron chi connectivity index (χ2n) is 7.81. The van der Waals surface area contributed by atoms with Crippen molar-refractivity contribution in [2.24, 2.45) is 0 Å². The fourth-order valence-electron chi connectivity index (χ4n) is 3.22. The lowest BCUT2D eigenvalue weighted by Gasteiger charge is -2.23. The van der Waals surface area contributed by atoms with Gasteiger partial charge in [0.2, 0.25) is 5.95 Å². The Morgan fingerprint density at radius 2 is 1.85 bits per heavy atom. The van der Waals surface area contributed by atoms with Crippen LogP contribution >= 0.6 is 18.7 Å². The molecule has 0 spiro atoms. The maximum absolute atomic E-state index is 12.7. The minimum Gasteiger partial charge on any atom is -0.497 e. The third kappa shape index (κ3) is 6.38. The molecule has 0 amide bonds. The van der Waals surface area contributed by atoms with E-state index in [1.807, 2.05) is 49.5 Å². The van der Waals surface area contributed by atoms with Gasteiger partial charge in [0, 0.05) is 32.1 Å². The van der Waals surface area contributed by atoms with Gasteiger partial charge in [0.05, 0.1) is 37.0 Å². The summed E-state index contributed by atoms with van der Waals surface area (Å²) in [5, 5.41) is 7.56. The van der Waals surface area contributed by atoms with Crippen molar-refractivity contribution < 1.29 is 14.0 Å². The van der Waals surface area contributed by atoms with E-state index in [0.29, 0.717) is 35.6 Å². The molecule has 0 saturated heterocycles. The summed E-state index contributed by atoms with van der Waals surface area (Å²) in [4.78, 5) is 10.9.